The van der Waals surface area contributed by atoms with Crippen LogP contribution in [0.3, 0.4) is 0 Å². The fourth-order valence-electron chi connectivity index (χ4n) is 2.90. The number of anilines is 1. The molecule has 1 amide bonds. The molecule has 3 heterocycles. The van der Waals surface area contributed by atoms with E-state index < -0.39 is 17.7 Å². The lowest BCUT2D eigenvalue weighted by atomic mass is 9.99. The topological polar surface area (TPSA) is 72.4 Å². The molecule has 6 nitrogen and oxygen atoms in total. The van der Waals surface area contributed by atoms with Crippen molar-refractivity contribution in [1.29, 1.82) is 0 Å². The van der Waals surface area contributed by atoms with Gasteiger partial charge in [-0.3, -0.25) is 14.7 Å². The van der Waals surface area contributed by atoms with Crippen LogP contribution in [0.15, 0.2) is 30.7 Å². The standard InChI is InChI=1S/C19H20FN3O3/c1-19(2,3)26-18(25)23-8-4-5-12-9-13(10-22-17(12)23)15-11-21-7-6-14(15)16(20)24/h6-7,9-11H,4-5,8H2,1-3H3. The van der Waals surface area contributed by atoms with E-state index in [1.54, 1.807) is 0 Å². The summed E-state index contributed by atoms with van der Waals surface area (Å²) in [4.78, 5) is 33.5. The third-order valence-electron chi connectivity index (χ3n) is 3.98. The highest BCUT2D eigenvalue weighted by Crippen LogP contribution is 2.31. The van der Waals surface area contributed by atoms with Gasteiger partial charge in [0.05, 0.1) is 5.56 Å². The van der Waals surface area contributed by atoms with Crippen LogP contribution in [-0.2, 0) is 11.2 Å². The van der Waals surface area contributed by atoms with Crippen LogP contribution >= 0.6 is 0 Å². The van der Waals surface area contributed by atoms with Crippen LogP contribution in [0.25, 0.3) is 11.1 Å². The SMILES string of the molecule is CC(C)(C)OC(=O)N1CCCc2cc(-c3cnccc3C(=O)F)cnc21. The Morgan fingerprint density at radius 3 is 2.73 bits per heavy atom. The number of pyridine rings is 2. The Morgan fingerprint density at radius 2 is 2.04 bits per heavy atom. The minimum absolute atomic E-state index is 0.0541. The van der Waals surface area contributed by atoms with Gasteiger partial charge in [-0.25, -0.2) is 9.78 Å². The molecular formula is C19H20FN3O3. The number of ether oxygens (including phenoxy) is 1. The van der Waals surface area contributed by atoms with Crippen molar-refractivity contribution in [1.82, 2.24) is 9.97 Å². The van der Waals surface area contributed by atoms with Gasteiger partial charge in [0.25, 0.3) is 0 Å². The van der Waals surface area contributed by atoms with Crippen LogP contribution in [0, 0.1) is 0 Å². The van der Waals surface area contributed by atoms with Crippen LogP contribution in [0.4, 0.5) is 15.0 Å². The number of aryl methyl sites for hydroxylation is 1. The molecule has 0 aromatic carbocycles. The molecule has 2 aromatic rings. The third-order valence-corrected chi connectivity index (χ3v) is 3.98. The second-order valence-electron chi connectivity index (χ2n) is 7.14. The molecule has 0 saturated heterocycles. The molecule has 0 fully saturated rings. The molecule has 0 N–H and O–H groups in total. The van der Waals surface area contributed by atoms with E-state index >= 15 is 0 Å². The van der Waals surface area contributed by atoms with Crippen molar-refractivity contribution in [3.63, 3.8) is 0 Å². The van der Waals surface area contributed by atoms with Crippen molar-refractivity contribution < 1.29 is 18.7 Å². The lowest BCUT2D eigenvalue weighted by Crippen LogP contribution is -2.40. The summed E-state index contributed by atoms with van der Waals surface area (Å²) in [6.45, 7) is 5.95. The number of halogens is 1. The van der Waals surface area contributed by atoms with Gasteiger partial charge in [-0.05, 0) is 51.3 Å². The molecule has 0 atom stereocenters. The van der Waals surface area contributed by atoms with Crippen LogP contribution < -0.4 is 4.90 Å². The van der Waals surface area contributed by atoms with E-state index in [1.807, 2.05) is 26.8 Å². The van der Waals surface area contributed by atoms with Crippen LogP contribution in [0.5, 0.6) is 0 Å². The fraction of sp³-hybridized carbons (Fsp3) is 0.368. The third kappa shape index (κ3) is 3.71. The van der Waals surface area contributed by atoms with Gasteiger partial charge in [0, 0.05) is 36.3 Å². The van der Waals surface area contributed by atoms with Gasteiger partial charge in [0.15, 0.2) is 0 Å². The Kier molecular flexibility index (Phi) is 4.71. The number of rotatable bonds is 2. The first-order valence-corrected chi connectivity index (χ1v) is 8.40. The maximum absolute atomic E-state index is 13.3. The summed E-state index contributed by atoms with van der Waals surface area (Å²) in [6, 6.07) is 1.64. The Bertz CT molecular complexity index is 861. The molecule has 0 bridgehead atoms. The molecule has 3 rings (SSSR count). The molecule has 7 heteroatoms. The first-order chi connectivity index (χ1) is 12.3. The van der Waals surface area contributed by atoms with Gasteiger partial charge in [-0.2, -0.15) is 4.39 Å². The summed E-state index contributed by atoms with van der Waals surface area (Å²) in [5.41, 5.74) is 1.16. The number of carbonyl (C=O) groups is 2. The molecule has 0 saturated carbocycles. The number of aromatic nitrogens is 2. The maximum Gasteiger partial charge on any atom is 0.416 e. The highest BCUT2D eigenvalue weighted by molar-refractivity contribution is 5.96. The molecule has 136 valence electrons. The van der Waals surface area contributed by atoms with Gasteiger partial charge in [-0.1, -0.05) is 0 Å². The Hall–Kier alpha value is -2.83. The van der Waals surface area contributed by atoms with Gasteiger partial charge >= 0.3 is 12.1 Å². The van der Waals surface area contributed by atoms with Gasteiger partial charge in [-0.15, -0.1) is 0 Å². The molecular weight excluding hydrogens is 337 g/mol. The summed E-state index contributed by atoms with van der Waals surface area (Å²) < 4.78 is 18.7. The number of carbonyl (C=O) groups excluding carboxylic acids is 2. The van der Waals surface area contributed by atoms with E-state index in [9.17, 15) is 14.0 Å². The molecule has 0 spiro atoms. The fourth-order valence-corrected chi connectivity index (χ4v) is 2.90. The Morgan fingerprint density at radius 1 is 1.27 bits per heavy atom. The normalized spacial score (nSPS) is 13.9. The van der Waals surface area contributed by atoms with Gasteiger partial charge in [0.1, 0.15) is 11.4 Å². The summed E-state index contributed by atoms with van der Waals surface area (Å²) in [5.74, 6) is 0.534. The van der Waals surface area contributed by atoms with Gasteiger partial charge in [0.2, 0.25) is 0 Å². The second-order valence-corrected chi connectivity index (χ2v) is 7.14. The van der Waals surface area contributed by atoms with Crippen molar-refractivity contribution in [2.45, 2.75) is 39.2 Å². The van der Waals surface area contributed by atoms with Crippen molar-refractivity contribution in [2.75, 3.05) is 11.4 Å². The van der Waals surface area contributed by atoms with Crippen LogP contribution in [-0.4, -0.2) is 34.2 Å². The average Bonchev–Trinajstić information content (AvgIpc) is 2.59. The van der Waals surface area contributed by atoms with E-state index in [1.165, 1.54) is 29.6 Å². The Labute approximate surface area is 151 Å². The summed E-state index contributed by atoms with van der Waals surface area (Å²) in [7, 11) is 0. The number of hydrogen-bond donors (Lipinski definition) is 0. The van der Waals surface area contributed by atoms with E-state index in [-0.39, 0.29) is 5.56 Å². The maximum atomic E-state index is 13.3. The van der Waals surface area contributed by atoms with Gasteiger partial charge < -0.3 is 4.74 Å². The average molecular weight is 357 g/mol. The Balaban J connectivity index is 1.97. The van der Waals surface area contributed by atoms with Crippen molar-refractivity contribution in [2.24, 2.45) is 0 Å². The summed E-state index contributed by atoms with van der Waals surface area (Å²) in [5, 5.41) is 0. The highest BCUT2D eigenvalue weighted by atomic mass is 19.1. The zero-order valence-corrected chi connectivity index (χ0v) is 15.0. The predicted molar refractivity (Wildman–Crippen MR) is 94.8 cm³/mol. The minimum atomic E-state index is -1.52. The van der Waals surface area contributed by atoms with E-state index in [0.29, 0.717) is 23.5 Å². The van der Waals surface area contributed by atoms with Crippen LogP contribution in [0.2, 0.25) is 0 Å². The summed E-state index contributed by atoms with van der Waals surface area (Å²) >= 11 is 0. The summed E-state index contributed by atoms with van der Waals surface area (Å²) in [6.07, 6.45) is 5.37. The van der Waals surface area contributed by atoms with Crippen molar-refractivity contribution >= 4 is 17.9 Å². The van der Waals surface area contributed by atoms with E-state index in [2.05, 4.69) is 9.97 Å². The molecule has 0 aliphatic carbocycles. The number of hydrogen-bond acceptors (Lipinski definition) is 5. The molecule has 1 aliphatic rings. The first-order valence-electron chi connectivity index (χ1n) is 8.40. The largest absolute Gasteiger partial charge is 0.443 e. The van der Waals surface area contributed by atoms with Crippen molar-refractivity contribution in [3.05, 3.63) is 41.9 Å². The second kappa shape index (κ2) is 6.82. The lowest BCUT2D eigenvalue weighted by Gasteiger charge is -2.30. The number of fused-ring (bicyclic) bond motifs is 1. The molecule has 0 radical (unpaired) electrons. The monoisotopic (exact) mass is 357 g/mol. The zero-order valence-electron chi connectivity index (χ0n) is 15.0. The van der Waals surface area contributed by atoms with Crippen LogP contribution in [0.1, 0.15) is 43.1 Å². The molecule has 0 unspecified atom stereocenters. The van der Waals surface area contributed by atoms with E-state index in [0.717, 1.165) is 18.4 Å². The predicted octanol–water partition coefficient (Wildman–Crippen LogP) is 3.94. The molecule has 2 aromatic heterocycles. The number of amides is 1. The highest BCUT2D eigenvalue weighted by Gasteiger charge is 2.28. The number of nitrogens with zero attached hydrogens (tertiary/aromatic N) is 3. The van der Waals surface area contributed by atoms with Crippen molar-refractivity contribution in [3.8, 4) is 11.1 Å². The molecule has 26 heavy (non-hydrogen) atoms. The lowest BCUT2D eigenvalue weighted by molar-refractivity contribution is 0.0576. The van der Waals surface area contributed by atoms with E-state index in [4.69, 9.17) is 4.74 Å². The molecule has 1 aliphatic heterocycles. The first kappa shape index (κ1) is 18.0. The minimum Gasteiger partial charge on any atom is -0.443 e. The quantitative estimate of drug-likeness (QED) is 0.761. The zero-order chi connectivity index (χ0) is 18.9. The smallest absolute Gasteiger partial charge is 0.416 e.